The maximum Gasteiger partial charge on any atom is 0.168 e. The highest BCUT2D eigenvalue weighted by atomic mass is 35.5. The maximum absolute atomic E-state index is 11.4. The van der Waals surface area contributed by atoms with E-state index in [0.29, 0.717) is 6.29 Å². The van der Waals surface area contributed by atoms with Crippen LogP contribution in [-0.2, 0) is 0 Å². The predicted molar refractivity (Wildman–Crippen MR) is 131 cm³/mol. The van der Waals surface area contributed by atoms with Crippen molar-refractivity contribution in [2.75, 3.05) is 0 Å². The molecule has 0 saturated carbocycles. The molecule has 30 heavy (non-hydrogen) atoms. The minimum atomic E-state index is -0.0589. The summed E-state index contributed by atoms with van der Waals surface area (Å²) in [6, 6.07) is 2.94. The maximum atomic E-state index is 11.4. The SMILES string of the molecule is O=Cc1ccc(-c2c(Cl)c(Cl)c(Cl)c(Cl)c2Cl)c(-c2c(Cl)c(Cl)c(Cl)c(Cl)c2Cl)n1. The predicted octanol–water partition coefficient (Wildman–Crippen LogP) is 10.8. The van der Waals surface area contributed by atoms with Crippen molar-refractivity contribution < 1.29 is 4.79 Å². The van der Waals surface area contributed by atoms with Crippen molar-refractivity contribution >= 4 is 122 Å². The molecule has 2 nitrogen and oxygen atoms in total. The van der Waals surface area contributed by atoms with Gasteiger partial charge in [-0.3, -0.25) is 4.79 Å². The van der Waals surface area contributed by atoms with Gasteiger partial charge in [-0.1, -0.05) is 116 Å². The highest BCUT2D eigenvalue weighted by Crippen LogP contribution is 2.53. The van der Waals surface area contributed by atoms with Gasteiger partial charge in [0.1, 0.15) is 5.69 Å². The van der Waals surface area contributed by atoms with Gasteiger partial charge >= 0.3 is 0 Å². The van der Waals surface area contributed by atoms with Crippen LogP contribution in [0, 0.1) is 0 Å². The number of carbonyl (C=O) groups is 1. The first kappa shape index (κ1) is 24.8. The van der Waals surface area contributed by atoms with Gasteiger partial charge in [-0.2, -0.15) is 0 Å². The van der Waals surface area contributed by atoms with Crippen LogP contribution in [0.4, 0.5) is 0 Å². The highest BCUT2D eigenvalue weighted by molar-refractivity contribution is 6.58. The number of aromatic nitrogens is 1. The van der Waals surface area contributed by atoms with Crippen molar-refractivity contribution in [2.45, 2.75) is 0 Å². The van der Waals surface area contributed by atoms with Crippen LogP contribution in [-0.4, -0.2) is 11.3 Å². The van der Waals surface area contributed by atoms with E-state index in [9.17, 15) is 4.79 Å². The van der Waals surface area contributed by atoms with Gasteiger partial charge in [0, 0.05) is 16.7 Å². The lowest BCUT2D eigenvalue weighted by Gasteiger charge is -2.18. The fourth-order valence-electron chi connectivity index (χ4n) is 2.59. The second-order valence-electron chi connectivity index (χ2n) is 5.64. The Bertz CT molecular complexity index is 1170. The smallest absolute Gasteiger partial charge is 0.168 e. The summed E-state index contributed by atoms with van der Waals surface area (Å²) in [5, 5.41) is -0.350. The Morgan fingerprint density at radius 2 is 0.900 bits per heavy atom. The molecule has 0 radical (unpaired) electrons. The number of rotatable bonds is 3. The number of benzene rings is 2. The van der Waals surface area contributed by atoms with Crippen LogP contribution >= 0.6 is 116 Å². The summed E-state index contributed by atoms with van der Waals surface area (Å²) in [7, 11) is 0. The van der Waals surface area contributed by atoms with Crippen LogP contribution in [0.25, 0.3) is 22.4 Å². The molecule has 12 heteroatoms. The van der Waals surface area contributed by atoms with Crippen molar-refractivity contribution in [3.8, 4) is 22.4 Å². The molecular weight excluding hydrogens is 601 g/mol. The van der Waals surface area contributed by atoms with Gasteiger partial charge in [-0.15, -0.1) is 0 Å². The molecule has 1 heterocycles. The van der Waals surface area contributed by atoms with Gasteiger partial charge in [0.05, 0.1) is 55.9 Å². The first-order valence-corrected chi connectivity index (χ1v) is 11.3. The van der Waals surface area contributed by atoms with E-state index < -0.39 is 0 Å². The second kappa shape index (κ2) is 9.57. The Morgan fingerprint density at radius 3 is 1.30 bits per heavy atom. The minimum absolute atomic E-state index is 0.00336. The average molecular weight is 604 g/mol. The van der Waals surface area contributed by atoms with E-state index in [1.807, 2.05) is 0 Å². The number of carbonyl (C=O) groups excluding carboxylic acids is 1. The molecule has 156 valence electrons. The highest BCUT2D eigenvalue weighted by Gasteiger charge is 2.27. The van der Waals surface area contributed by atoms with Crippen LogP contribution in [0.3, 0.4) is 0 Å². The second-order valence-corrected chi connectivity index (χ2v) is 9.42. The van der Waals surface area contributed by atoms with Gasteiger partial charge in [-0.25, -0.2) is 4.98 Å². The molecule has 0 amide bonds. The van der Waals surface area contributed by atoms with E-state index in [1.54, 1.807) is 0 Å². The van der Waals surface area contributed by atoms with Crippen molar-refractivity contribution in [3.05, 3.63) is 68.1 Å². The summed E-state index contributed by atoms with van der Waals surface area (Å²) < 4.78 is 0. The van der Waals surface area contributed by atoms with Crippen LogP contribution in [0.15, 0.2) is 12.1 Å². The van der Waals surface area contributed by atoms with E-state index in [0.717, 1.165) is 0 Å². The molecule has 1 aromatic heterocycles. The monoisotopic (exact) mass is 599 g/mol. The number of aldehydes is 1. The molecule has 0 aliphatic heterocycles. The summed E-state index contributed by atoms with van der Waals surface area (Å²) in [6.07, 6.45) is 0.527. The lowest BCUT2D eigenvalue weighted by Crippen LogP contribution is -1.98. The van der Waals surface area contributed by atoms with Crippen molar-refractivity contribution in [1.29, 1.82) is 0 Å². The third-order valence-corrected chi connectivity index (χ3v) is 8.52. The molecule has 0 spiro atoms. The molecule has 0 unspecified atom stereocenters. The third-order valence-electron chi connectivity index (χ3n) is 3.96. The van der Waals surface area contributed by atoms with Gasteiger partial charge in [0.2, 0.25) is 0 Å². The molecule has 0 aliphatic rings. The zero-order valence-corrected chi connectivity index (χ0v) is 21.4. The van der Waals surface area contributed by atoms with E-state index in [-0.39, 0.29) is 78.3 Å². The largest absolute Gasteiger partial charge is 0.296 e. The lowest BCUT2D eigenvalue weighted by molar-refractivity contribution is 0.111. The Hall–Kier alpha value is 0.160. The molecule has 3 rings (SSSR count). The molecule has 2 aromatic carbocycles. The van der Waals surface area contributed by atoms with Crippen molar-refractivity contribution in [2.24, 2.45) is 0 Å². The Balaban J connectivity index is 2.52. The van der Waals surface area contributed by atoms with E-state index >= 15 is 0 Å². The Morgan fingerprint density at radius 1 is 0.533 bits per heavy atom. The first-order chi connectivity index (χ1) is 14.0. The van der Waals surface area contributed by atoms with Gasteiger partial charge in [0.25, 0.3) is 0 Å². The summed E-state index contributed by atoms with van der Waals surface area (Å²) >= 11 is 62.6. The topological polar surface area (TPSA) is 30.0 Å². The normalized spacial score (nSPS) is 11.1. The lowest BCUT2D eigenvalue weighted by atomic mass is 9.98. The molecule has 3 aromatic rings. The third kappa shape index (κ3) is 4.10. The van der Waals surface area contributed by atoms with E-state index in [4.69, 9.17) is 116 Å². The molecule has 0 N–H and O–H groups in total. The zero-order valence-electron chi connectivity index (χ0n) is 13.9. The summed E-state index contributed by atoms with van der Waals surface area (Å²) in [5.74, 6) is 0. The number of nitrogens with zero attached hydrogens (tertiary/aromatic N) is 1. The zero-order chi connectivity index (χ0) is 22.5. The Labute approximate surface area is 220 Å². The number of pyridine rings is 1. The number of hydrogen-bond donors (Lipinski definition) is 0. The molecule has 0 atom stereocenters. The fraction of sp³-hybridized carbons (Fsp3) is 0. The summed E-state index contributed by atoms with van der Waals surface area (Å²) in [6.45, 7) is 0. The number of halogens is 10. The van der Waals surface area contributed by atoms with Gasteiger partial charge in [-0.05, 0) is 12.1 Å². The summed E-state index contributed by atoms with van der Waals surface area (Å²) in [4.78, 5) is 15.7. The van der Waals surface area contributed by atoms with E-state index in [1.165, 1.54) is 12.1 Å². The molecule has 0 fully saturated rings. The first-order valence-electron chi connectivity index (χ1n) is 7.52. The fourth-order valence-corrected chi connectivity index (χ4v) is 5.25. The van der Waals surface area contributed by atoms with Gasteiger partial charge in [0.15, 0.2) is 6.29 Å². The van der Waals surface area contributed by atoms with Crippen LogP contribution in [0.1, 0.15) is 10.5 Å². The average Bonchev–Trinajstić information content (AvgIpc) is 2.74. The summed E-state index contributed by atoms with van der Waals surface area (Å²) in [5.41, 5.74) is 0.724. The van der Waals surface area contributed by atoms with Crippen LogP contribution < -0.4 is 0 Å². The van der Waals surface area contributed by atoms with Gasteiger partial charge < -0.3 is 0 Å². The molecule has 0 saturated heterocycles. The minimum Gasteiger partial charge on any atom is -0.296 e. The Kier molecular flexibility index (Phi) is 7.91. The number of hydrogen-bond acceptors (Lipinski definition) is 2. The van der Waals surface area contributed by atoms with Crippen LogP contribution in [0.2, 0.25) is 50.2 Å². The molecular formula is C18H3Cl10NO. The van der Waals surface area contributed by atoms with Crippen molar-refractivity contribution in [3.63, 3.8) is 0 Å². The van der Waals surface area contributed by atoms with E-state index in [2.05, 4.69) is 4.98 Å². The van der Waals surface area contributed by atoms with Crippen molar-refractivity contribution in [1.82, 2.24) is 4.98 Å². The quantitative estimate of drug-likeness (QED) is 0.169. The standard InChI is InChI=1S/C18H3Cl10NO/c19-8-6(9(20)13(24)16(27)12(8)23)5-2-1-4(3-30)29-18(5)7-10(21)14(25)17(28)15(26)11(7)22/h1-3H. The molecule has 0 bridgehead atoms. The van der Waals surface area contributed by atoms with Crippen LogP contribution in [0.5, 0.6) is 0 Å². The molecule has 0 aliphatic carbocycles.